The fourth-order valence-electron chi connectivity index (χ4n) is 1.18. The Bertz CT molecular complexity index is 344. The van der Waals surface area contributed by atoms with Crippen LogP contribution in [0.2, 0.25) is 0 Å². The summed E-state index contributed by atoms with van der Waals surface area (Å²) in [7, 11) is 0. The molecule has 1 rings (SSSR count). The molecule has 0 spiro atoms. The summed E-state index contributed by atoms with van der Waals surface area (Å²) in [4.78, 5) is 11.6. The van der Waals surface area contributed by atoms with Crippen LogP contribution in [0.25, 0.3) is 0 Å². The van der Waals surface area contributed by atoms with Crippen molar-refractivity contribution in [2.24, 2.45) is 0 Å². The molecule has 0 saturated carbocycles. The van der Waals surface area contributed by atoms with Gasteiger partial charge in [0.15, 0.2) is 0 Å². The summed E-state index contributed by atoms with van der Waals surface area (Å²) in [6.45, 7) is 5.45. The Labute approximate surface area is 88.5 Å². The zero-order valence-corrected chi connectivity index (χ0v) is 9.20. The molecule has 1 heterocycles. The molecule has 0 aliphatic carbocycles. The third-order valence-corrected chi connectivity index (χ3v) is 2.04. The highest BCUT2D eigenvalue weighted by atomic mass is 16.5. The van der Waals surface area contributed by atoms with Gasteiger partial charge in [0.25, 0.3) is 5.91 Å². The maximum Gasteiger partial charge on any atom is 0.290 e. The molecule has 1 aromatic rings. The van der Waals surface area contributed by atoms with Crippen LogP contribution in [0.15, 0.2) is 10.6 Å². The second kappa shape index (κ2) is 4.44. The van der Waals surface area contributed by atoms with E-state index >= 15 is 0 Å². The van der Waals surface area contributed by atoms with E-state index in [9.17, 15) is 4.79 Å². The number of hydrogen-bond donors (Lipinski definition) is 2. The number of hydrogen-bond acceptors (Lipinski definition) is 4. The number of carbonyl (C=O) groups excluding carboxylic acids is 1. The van der Waals surface area contributed by atoms with Gasteiger partial charge in [0.05, 0.1) is 5.69 Å². The SMILES string of the molecule is Cc1cc(C(=O)NC(C)(C)CCO)on1. The molecule has 0 unspecified atom stereocenters. The van der Waals surface area contributed by atoms with Gasteiger partial charge in [0.1, 0.15) is 0 Å². The average molecular weight is 212 g/mol. The summed E-state index contributed by atoms with van der Waals surface area (Å²) in [5.41, 5.74) is 0.215. The number of aryl methyl sites for hydroxylation is 1. The van der Waals surface area contributed by atoms with Crippen LogP contribution in [-0.2, 0) is 0 Å². The number of aromatic nitrogens is 1. The van der Waals surface area contributed by atoms with Crippen molar-refractivity contribution in [3.8, 4) is 0 Å². The summed E-state index contributed by atoms with van der Waals surface area (Å²) < 4.78 is 4.83. The molecule has 0 bridgehead atoms. The molecule has 0 aliphatic heterocycles. The first kappa shape index (κ1) is 11.7. The predicted octanol–water partition coefficient (Wildman–Crippen LogP) is 0.874. The number of nitrogens with zero attached hydrogens (tertiary/aromatic N) is 1. The van der Waals surface area contributed by atoms with Crippen LogP contribution in [0.5, 0.6) is 0 Å². The molecule has 0 radical (unpaired) electrons. The van der Waals surface area contributed by atoms with E-state index in [-0.39, 0.29) is 18.3 Å². The normalized spacial score (nSPS) is 11.5. The van der Waals surface area contributed by atoms with E-state index in [1.807, 2.05) is 13.8 Å². The van der Waals surface area contributed by atoms with E-state index < -0.39 is 5.54 Å². The summed E-state index contributed by atoms with van der Waals surface area (Å²) in [6, 6.07) is 1.57. The van der Waals surface area contributed by atoms with Crippen LogP contribution in [0, 0.1) is 6.92 Å². The van der Waals surface area contributed by atoms with Gasteiger partial charge in [-0.3, -0.25) is 4.79 Å². The van der Waals surface area contributed by atoms with Gasteiger partial charge in [-0.15, -0.1) is 0 Å². The number of amides is 1. The Hall–Kier alpha value is -1.36. The Kier molecular flexibility index (Phi) is 3.47. The van der Waals surface area contributed by atoms with Crippen molar-refractivity contribution in [1.82, 2.24) is 10.5 Å². The highest BCUT2D eigenvalue weighted by Gasteiger charge is 2.22. The number of carbonyl (C=O) groups is 1. The molecule has 0 atom stereocenters. The maximum atomic E-state index is 11.6. The van der Waals surface area contributed by atoms with Gasteiger partial charge in [-0.25, -0.2) is 0 Å². The summed E-state index contributed by atoms with van der Waals surface area (Å²) in [5.74, 6) is -0.118. The number of nitrogens with one attached hydrogen (secondary N) is 1. The van der Waals surface area contributed by atoms with Gasteiger partial charge in [-0.05, 0) is 27.2 Å². The van der Waals surface area contributed by atoms with Crippen molar-refractivity contribution in [3.05, 3.63) is 17.5 Å². The molecule has 15 heavy (non-hydrogen) atoms. The second-order valence-electron chi connectivity index (χ2n) is 4.14. The molecular formula is C10H16N2O3. The van der Waals surface area contributed by atoms with Crippen LogP contribution in [0.4, 0.5) is 0 Å². The lowest BCUT2D eigenvalue weighted by Gasteiger charge is -2.24. The molecule has 2 N–H and O–H groups in total. The molecule has 0 fully saturated rings. The maximum absolute atomic E-state index is 11.6. The van der Waals surface area contributed by atoms with Crippen LogP contribution < -0.4 is 5.32 Å². The molecule has 0 aliphatic rings. The standard InChI is InChI=1S/C10H16N2O3/c1-7-6-8(15-12-7)9(14)11-10(2,3)4-5-13/h6,13H,4-5H2,1-3H3,(H,11,14). The molecule has 0 aromatic carbocycles. The van der Waals surface area contributed by atoms with Crippen molar-refractivity contribution in [1.29, 1.82) is 0 Å². The van der Waals surface area contributed by atoms with E-state index in [1.165, 1.54) is 0 Å². The second-order valence-corrected chi connectivity index (χ2v) is 4.14. The molecule has 84 valence electrons. The van der Waals surface area contributed by atoms with Crippen molar-refractivity contribution in [2.45, 2.75) is 32.7 Å². The minimum atomic E-state index is -0.452. The largest absolute Gasteiger partial charge is 0.396 e. The number of rotatable bonds is 4. The van der Waals surface area contributed by atoms with Gasteiger partial charge in [-0.2, -0.15) is 0 Å². The Morgan fingerprint density at radius 3 is 2.80 bits per heavy atom. The van der Waals surface area contributed by atoms with Gasteiger partial charge >= 0.3 is 0 Å². The topological polar surface area (TPSA) is 75.4 Å². The predicted molar refractivity (Wildman–Crippen MR) is 54.5 cm³/mol. The zero-order valence-electron chi connectivity index (χ0n) is 9.20. The monoisotopic (exact) mass is 212 g/mol. The Morgan fingerprint density at radius 1 is 1.67 bits per heavy atom. The highest BCUT2D eigenvalue weighted by molar-refractivity contribution is 5.91. The third-order valence-electron chi connectivity index (χ3n) is 2.04. The van der Waals surface area contributed by atoms with E-state index in [0.29, 0.717) is 12.1 Å². The molecule has 1 amide bonds. The fourth-order valence-corrected chi connectivity index (χ4v) is 1.18. The van der Waals surface area contributed by atoms with Gasteiger partial charge < -0.3 is 14.9 Å². The van der Waals surface area contributed by atoms with Gasteiger partial charge in [0, 0.05) is 18.2 Å². The lowest BCUT2D eigenvalue weighted by Crippen LogP contribution is -2.43. The van der Waals surface area contributed by atoms with Crippen LogP contribution in [0.3, 0.4) is 0 Å². The van der Waals surface area contributed by atoms with Crippen molar-refractivity contribution < 1.29 is 14.4 Å². The highest BCUT2D eigenvalue weighted by Crippen LogP contribution is 2.10. The van der Waals surface area contributed by atoms with E-state index in [1.54, 1.807) is 13.0 Å². The first-order valence-electron chi connectivity index (χ1n) is 4.81. The van der Waals surface area contributed by atoms with Crippen LogP contribution in [0.1, 0.15) is 36.5 Å². The van der Waals surface area contributed by atoms with Crippen LogP contribution >= 0.6 is 0 Å². The Morgan fingerprint density at radius 2 is 2.33 bits per heavy atom. The molecule has 5 heteroatoms. The van der Waals surface area contributed by atoms with Gasteiger partial charge in [-0.1, -0.05) is 5.16 Å². The molecule has 5 nitrogen and oxygen atoms in total. The number of aliphatic hydroxyl groups is 1. The minimum Gasteiger partial charge on any atom is -0.396 e. The fraction of sp³-hybridized carbons (Fsp3) is 0.600. The van der Waals surface area contributed by atoms with Gasteiger partial charge in [0.2, 0.25) is 5.76 Å². The van der Waals surface area contributed by atoms with Crippen molar-refractivity contribution in [3.63, 3.8) is 0 Å². The quantitative estimate of drug-likeness (QED) is 0.776. The number of aliphatic hydroxyl groups excluding tert-OH is 1. The first-order chi connectivity index (χ1) is 6.94. The summed E-state index contributed by atoms with van der Waals surface area (Å²) in [5, 5.41) is 15.2. The smallest absolute Gasteiger partial charge is 0.290 e. The first-order valence-corrected chi connectivity index (χ1v) is 4.81. The van der Waals surface area contributed by atoms with E-state index in [4.69, 9.17) is 9.63 Å². The molecule has 0 saturated heterocycles. The lowest BCUT2D eigenvalue weighted by atomic mass is 10.0. The van der Waals surface area contributed by atoms with E-state index in [0.717, 1.165) is 0 Å². The zero-order chi connectivity index (χ0) is 11.5. The Balaban J connectivity index is 2.63. The van der Waals surface area contributed by atoms with E-state index in [2.05, 4.69) is 10.5 Å². The third kappa shape index (κ3) is 3.36. The van der Waals surface area contributed by atoms with Crippen molar-refractivity contribution >= 4 is 5.91 Å². The lowest BCUT2D eigenvalue weighted by molar-refractivity contribution is 0.0861. The average Bonchev–Trinajstić information content (AvgIpc) is 2.50. The van der Waals surface area contributed by atoms with Crippen molar-refractivity contribution in [2.75, 3.05) is 6.61 Å². The molecule has 1 aromatic heterocycles. The summed E-state index contributed by atoms with van der Waals surface area (Å²) in [6.07, 6.45) is 0.492. The summed E-state index contributed by atoms with van der Waals surface area (Å²) >= 11 is 0. The van der Waals surface area contributed by atoms with Crippen LogP contribution in [-0.4, -0.2) is 28.3 Å². The molecular weight excluding hydrogens is 196 g/mol. The minimum absolute atomic E-state index is 0.0305.